The number of ether oxygens (including phenoxy) is 2. The summed E-state index contributed by atoms with van der Waals surface area (Å²) in [6, 6.07) is 8.90. The van der Waals surface area contributed by atoms with Crippen LogP contribution in [0.4, 0.5) is 4.39 Å². The maximum atomic E-state index is 13.8. The molecule has 2 aromatic rings. The van der Waals surface area contributed by atoms with Gasteiger partial charge < -0.3 is 15.2 Å². The van der Waals surface area contributed by atoms with Gasteiger partial charge in [0.2, 0.25) is 0 Å². The largest absolute Gasteiger partial charge is 0.497 e. The van der Waals surface area contributed by atoms with E-state index in [1.807, 2.05) is 24.3 Å². The number of methoxy groups -OCH3 is 1. The lowest BCUT2D eigenvalue weighted by atomic mass is 10.2. The summed E-state index contributed by atoms with van der Waals surface area (Å²) in [5, 5.41) is 0. The Labute approximate surface area is 111 Å². The van der Waals surface area contributed by atoms with Gasteiger partial charge in [-0.3, -0.25) is 0 Å². The number of pyridine rings is 1. The third-order valence-corrected chi connectivity index (χ3v) is 2.67. The first-order chi connectivity index (χ1) is 9.24. The molecule has 0 aliphatic carbocycles. The van der Waals surface area contributed by atoms with Crippen molar-refractivity contribution in [2.45, 2.75) is 13.2 Å². The number of halogens is 1. The maximum Gasteiger partial charge on any atom is 0.251 e. The van der Waals surface area contributed by atoms with Crippen molar-refractivity contribution in [1.29, 1.82) is 0 Å². The molecular formula is C14H15FN2O2. The van der Waals surface area contributed by atoms with Crippen LogP contribution in [0.5, 0.6) is 11.6 Å². The lowest BCUT2D eigenvalue weighted by Crippen LogP contribution is -2.05. The highest BCUT2D eigenvalue weighted by molar-refractivity contribution is 5.29. The van der Waals surface area contributed by atoms with E-state index in [9.17, 15) is 4.39 Å². The van der Waals surface area contributed by atoms with Gasteiger partial charge in [-0.05, 0) is 23.8 Å². The number of hydrogen-bond donors (Lipinski definition) is 1. The first kappa shape index (κ1) is 13.3. The lowest BCUT2D eigenvalue weighted by Gasteiger charge is -2.09. The number of nitrogens with two attached hydrogens (primary N) is 1. The topological polar surface area (TPSA) is 57.4 Å². The van der Waals surface area contributed by atoms with Gasteiger partial charge in [0.05, 0.1) is 7.11 Å². The van der Waals surface area contributed by atoms with Crippen molar-refractivity contribution in [3.05, 3.63) is 53.5 Å². The van der Waals surface area contributed by atoms with Crippen LogP contribution in [-0.4, -0.2) is 12.1 Å². The smallest absolute Gasteiger partial charge is 0.251 e. The van der Waals surface area contributed by atoms with Crippen molar-refractivity contribution in [2.24, 2.45) is 5.73 Å². The molecule has 0 spiro atoms. The second kappa shape index (κ2) is 6.15. The van der Waals surface area contributed by atoms with E-state index in [0.29, 0.717) is 5.56 Å². The van der Waals surface area contributed by atoms with Crippen LogP contribution in [0.15, 0.2) is 36.5 Å². The van der Waals surface area contributed by atoms with E-state index in [4.69, 9.17) is 15.2 Å². The van der Waals surface area contributed by atoms with Crippen LogP contribution in [-0.2, 0) is 13.2 Å². The lowest BCUT2D eigenvalue weighted by molar-refractivity contribution is 0.275. The minimum absolute atomic E-state index is 0.0363. The molecule has 0 amide bonds. The quantitative estimate of drug-likeness (QED) is 0.898. The van der Waals surface area contributed by atoms with E-state index in [1.54, 1.807) is 7.11 Å². The second-order valence-corrected chi connectivity index (χ2v) is 3.93. The van der Waals surface area contributed by atoms with Crippen LogP contribution in [0, 0.1) is 5.82 Å². The fourth-order valence-electron chi connectivity index (χ4n) is 1.63. The Morgan fingerprint density at radius 2 is 2.16 bits per heavy atom. The zero-order chi connectivity index (χ0) is 13.7. The van der Waals surface area contributed by atoms with Gasteiger partial charge in [0, 0.05) is 18.3 Å². The van der Waals surface area contributed by atoms with Gasteiger partial charge >= 0.3 is 0 Å². The predicted molar refractivity (Wildman–Crippen MR) is 69.4 cm³/mol. The van der Waals surface area contributed by atoms with Gasteiger partial charge in [0.1, 0.15) is 12.4 Å². The summed E-state index contributed by atoms with van der Waals surface area (Å²) < 4.78 is 24.3. The minimum atomic E-state index is -0.507. The average Bonchev–Trinajstić information content (AvgIpc) is 2.46. The van der Waals surface area contributed by atoms with Crippen LogP contribution in [0.25, 0.3) is 0 Å². The summed E-state index contributed by atoms with van der Waals surface area (Å²) >= 11 is 0. The summed E-state index contributed by atoms with van der Waals surface area (Å²) in [4.78, 5) is 3.86. The van der Waals surface area contributed by atoms with Crippen molar-refractivity contribution in [2.75, 3.05) is 7.11 Å². The van der Waals surface area contributed by atoms with Crippen LogP contribution >= 0.6 is 0 Å². The van der Waals surface area contributed by atoms with E-state index >= 15 is 0 Å². The molecule has 4 nitrogen and oxygen atoms in total. The highest BCUT2D eigenvalue weighted by Crippen LogP contribution is 2.19. The van der Waals surface area contributed by atoms with E-state index in [0.717, 1.165) is 11.3 Å². The van der Waals surface area contributed by atoms with Gasteiger partial charge in [0.15, 0.2) is 5.82 Å². The van der Waals surface area contributed by atoms with E-state index in [1.165, 1.54) is 12.3 Å². The highest BCUT2D eigenvalue weighted by Gasteiger charge is 2.09. The molecule has 0 aliphatic rings. The molecule has 1 aromatic carbocycles. The molecule has 0 saturated carbocycles. The van der Waals surface area contributed by atoms with Crippen molar-refractivity contribution in [3.63, 3.8) is 0 Å². The van der Waals surface area contributed by atoms with Crippen molar-refractivity contribution in [1.82, 2.24) is 4.98 Å². The fourth-order valence-corrected chi connectivity index (χ4v) is 1.63. The molecule has 1 heterocycles. The number of rotatable bonds is 5. The SMILES string of the molecule is COc1cccc(COc2nccc(CN)c2F)c1. The predicted octanol–water partition coefficient (Wildman–Crippen LogP) is 2.27. The molecule has 5 heteroatoms. The van der Waals surface area contributed by atoms with Gasteiger partial charge in [0.25, 0.3) is 5.88 Å². The molecule has 0 fully saturated rings. The molecule has 2 rings (SSSR count). The first-order valence-corrected chi connectivity index (χ1v) is 5.83. The molecule has 19 heavy (non-hydrogen) atoms. The van der Waals surface area contributed by atoms with Crippen molar-refractivity contribution >= 4 is 0 Å². The minimum Gasteiger partial charge on any atom is -0.497 e. The van der Waals surface area contributed by atoms with Crippen LogP contribution in [0.3, 0.4) is 0 Å². The molecule has 0 saturated heterocycles. The first-order valence-electron chi connectivity index (χ1n) is 5.83. The highest BCUT2D eigenvalue weighted by atomic mass is 19.1. The number of hydrogen-bond acceptors (Lipinski definition) is 4. The third-order valence-electron chi connectivity index (χ3n) is 2.67. The summed E-state index contributed by atoms with van der Waals surface area (Å²) in [5.41, 5.74) is 6.68. The summed E-state index contributed by atoms with van der Waals surface area (Å²) in [6.45, 7) is 0.332. The molecule has 0 bridgehead atoms. The van der Waals surface area contributed by atoms with Gasteiger partial charge in [-0.1, -0.05) is 12.1 Å². The average molecular weight is 262 g/mol. The normalized spacial score (nSPS) is 10.3. The zero-order valence-electron chi connectivity index (χ0n) is 10.6. The van der Waals surface area contributed by atoms with Gasteiger partial charge in [-0.15, -0.1) is 0 Å². The van der Waals surface area contributed by atoms with Gasteiger partial charge in [-0.25, -0.2) is 9.37 Å². The Bertz CT molecular complexity index is 561. The third kappa shape index (κ3) is 3.20. The van der Waals surface area contributed by atoms with Crippen LogP contribution in [0.1, 0.15) is 11.1 Å². The molecular weight excluding hydrogens is 247 g/mol. The van der Waals surface area contributed by atoms with Crippen LogP contribution in [0.2, 0.25) is 0 Å². The Hall–Kier alpha value is -2.14. The van der Waals surface area contributed by atoms with E-state index in [-0.39, 0.29) is 19.0 Å². The van der Waals surface area contributed by atoms with E-state index in [2.05, 4.69) is 4.98 Å². The number of benzene rings is 1. The number of aromatic nitrogens is 1. The summed E-state index contributed by atoms with van der Waals surface area (Å²) in [6.07, 6.45) is 1.48. The Balaban J connectivity index is 2.10. The molecule has 2 N–H and O–H groups in total. The summed E-state index contributed by atoms with van der Waals surface area (Å²) in [7, 11) is 1.59. The standard InChI is InChI=1S/C14H15FN2O2/c1-18-12-4-2-3-10(7-12)9-19-14-13(15)11(8-16)5-6-17-14/h2-7H,8-9,16H2,1H3. The zero-order valence-corrected chi connectivity index (χ0v) is 10.6. The fraction of sp³-hybridized carbons (Fsp3) is 0.214. The van der Waals surface area contributed by atoms with Crippen molar-refractivity contribution in [3.8, 4) is 11.6 Å². The number of nitrogens with zero attached hydrogens (tertiary/aromatic N) is 1. The summed E-state index contributed by atoms with van der Waals surface area (Å²) in [5.74, 6) is 0.184. The Morgan fingerprint density at radius 1 is 1.32 bits per heavy atom. The van der Waals surface area contributed by atoms with E-state index < -0.39 is 5.82 Å². The van der Waals surface area contributed by atoms with Gasteiger partial charge in [-0.2, -0.15) is 0 Å². The second-order valence-electron chi connectivity index (χ2n) is 3.93. The maximum absolute atomic E-state index is 13.8. The monoisotopic (exact) mass is 262 g/mol. The Kier molecular flexibility index (Phi) is 4.30. The molecule has 100 valence electrons. The molecule has 0 atom stereocenters. The molecule has 0 aliphatic heterocycles. The molecule has 0 radical (unpaired) electrons. The molecule has 1 aromatic heterocycles. The molecule has 0 unspecified atom stereocenters. The van der Waals surface area contributed by atoms with Crippen LogP contribution < -0.4 is 15.2 Å². The Morgan fingerprint density at radius 3 is 2.89 bits per heavy atom. The van der Waals surface area contributed by atoms with Crippen molar-refractivity contribution < 1.29 is 13.9 Å².